The van der Waals surface area contributed by atoms with Gasteiger partial charge in [0.1, 0.15) is 11.1 Å². The van der Waals surface area contributed by atoms with Crippen LogP contribution in [-0.2, 0) is 4.74 Å². The van der Waals surface area contributed by atoms with E-state index in [0.29, 0.717) is 35.9 Å². The van der Waals surface area contributed by atoms with Gasteiger partial charge in [0.25, 0.3) is 5.91 Å². The van der Waals surface area contributed by atoms with Crippen molar-refractivity contribution in [1.82, 2.24) is 4.98 Å². The van der Waals surface area contributed by atoms with Gasteiger partial charge in [-0.05, 0) is 37.3 Å². The highest BCUT2D eigenvalue weighted by atomic mass is 35.5. The van der Waals surface area contributed by atoms with Crippen molar-refractivity contribution in [2.45, 2.75) is 25.9 Å². The first kappa shape index (κ1) is 18.4. The van der Waals surface area contributed by atoms with Crippen molar-refractivity contribution in [3.8, 4) is 5.88 Å². The number of halogens is 1. The van der Waals surface area contributed by atoms with Gasteiger partial charge in [-0.15, -0.1) is 0 Å². The predicted octanol–water partition coefficient (Wildman–Crippen LogP) is 3.75. The molecule has 0 aliphatic carbocycles. The summed E-state index contributed by atoms with van der Waals surface area (Å²) < 4.78 is 11.1. The van der Waals surface area contributed by atoms with Crippen molar-refractivity contribution in [1.29, 1.82) is 0 Å². The van der Waals surface area contributed by atoms with Gasteiger partial charge in [0.2, 0.25) is 5.88 Å². The van der Waals surface area contributed by atoms with Gasteiger partial charge in [0.15, 0.2) is 5.78 Å². The number of hydrogen-bond acceptors (Lipinski definition) is 5. The lowest BCUT2D eigenvalue weighted by Crippen LogP contribution is -2.26. The molecule has 0 radical (unpaired) electrons. The highest BCUT2D eigenvalue weighted by Gasteiger charge is 2.18. The van der Waals surface area contributed by atoms with Crippen molar-refractivity contribution < 1.29 is 19.1 Å². The van der Waals surface area contributed by atoms with Crippen molar-refractivity contribution in [2.24, 2.45) is 0 Å². The van der Waals surface area contributed by atoms with E-state index in [9.17, 15) is 9.59 Å². The Hall–Kier alpha value is -2.44. The lowest BCUT2D eigenvalue weighted by molar-refractivity contribution is 0.0238. The maximum Gasteiger partial charge on any atom is 0.257 e. The van der Waals surface area contributed by atoms with E-state index in [0.717, 1.165) is 12.8 Å². The normalized spacial score (nSPS) is 14.7. The van der Waals surface area contributed by atoms with Crippen LogP contribution in [0.25, 0.3) is 0 Å². The highest BCUT2D eigenvalue weighted by molar-refractivity contribution is 6.32. The van der Waals surface area contributed by atoms with Crippen LogP contribution >= 0.6 is 11.6 Å². The Labute approximate surface area is 156 Å². The molecule has 0 saturated carbocycles. The minimum Gasteiger partial charge on any atom is -0.473 e. The summed E-state index contributed by atoms with van der Waals surface area (Å²) in [6, 6.07) is 8.20. The summed E-state index contributed by atoms with van der Waals surface area (Å²) >= 11 is 6.22. The molecule has 136 valence electrons. The number of amides is 1. The number of rotatable bonds is 5. The topological polar surface area (TPSA) is 77.5 Å². The van der Waals surface area contributed by atoms with E-state index in [4.69, 9.17) is 21.1 Å². The number of hydrogen-bond donors (Lipinski definition) is 1. The Balaban J connectivity index is 1.65. The summed E-state index contributed by atoms with van der Waals surface area (Å²) in [6.07, 6.45) is 3.03. The van der Waals surface area contributed by atoms with Gasteiger partial charge >= 0.3 is 0 Å². The SMILES string of the molecule is CC(=O)c1ccc(NC(=O)c2cnc(OC3CCOCC3)c(Cl)c2)cc1. The molecule has 1 aromatic carbocycles. The van der Waals surface area contributed by atoms with E-state index >= 15 is 0 Å². The molecule has 0 atom stereocenters. The molecule has 0 bridgehead atoms. The number of carbonyl (C=O) groups excluding carboxylic acids is 2. The first-order valence-corrected chi connectivity index (χ1v) is 8.73. The van der Waals surface area contributed by atoms with Crippen LogP contribution in [0.2, 0.25) is 5.02 Å². The number of carbonyl (C=O) groups is 2. The van der Waals surface area contributed by atoms with Crippen molar-refractivity contribution in [2.75, 3.05) is 18.5 Å². The molecule has 1 saturated heterocycles. The van der Waals surface area contributed by atoms with Gasteiger partial charge in [-0.2, -0.15) is 0 Å². The molecule has 3 rings (SSSR count). The Kier molecular flexibility index (Phi) is 5.85. The fourth-order valence-corrected chi connectivity index (χ4v) is 2.79. The first-order valence-electron chi connectivity index (χ1n) is 8.35. The number of nitrogens with one attached hydrogen (secondary N) is 1. The number of nitrogens with zero attached hydrogens (tertiary/aromatic N) is 1. The van der Waals surface area contributed by atoms with E-state index in [1.165, 1.54) is 19.2 Å². The van der Waals surface area contributed by atoms with E-state index < -0.39 is 0 Å². The molecule has 2 aromatic rings. The number of anilines is 1. The van der Waals surface area contributed by atoms with Crippen molar-refractivity contribution in [3.63, 3.8) is 0 Å². The molecule has 0 unspecified atom stereocenters. The fraction of sp³-hybridized carbons (Fsp3) is 0.316. The summed E-state index contributed by atoms with van der Waals surface area (Å²) in [6.45, 7) is 2.81. The molecule has 1 aliphatic heterocycles. The van der Waals surface area contributed by atoms with Crippen molar-refractivity contribution in [3.05, 3.63) is 52.7 Å². The van der Waals surface area contributed by atoms with Crippen LogP contribution in [0.4, 0.5) is 5.69 Å². The van der Waals surface area contributed by atoms with Gasteiger partial charge in [0, 0.05) is 30.3 Å². The summed E-state index contributed by atoms with van der Waals surface area (Å²) in [4.78, 5) is 27.8. The number of ketones is 1. The predicted molar refractivity (Wildman–Crippen MR) is 98.1 cm³/mol. The second-order valence-corrected chi connectivity index (χ2v) is 6.44. The summed E-state index contributed by atoms with van der Waals surface area (Å²) in [5.41, 5.74) is 1.49. The number of aromatic nitrogens is 1. The Morgan fingerprint density at radius 1 is 1.19 bits per heavy atom. The molecule has 1 N–H and O–H groups in total. The first-order chi connectivity index (χ1) is 12.5. The second kappa shape index (κ2) is 8.29. The molecule has 1 aromatic heterocycles. The molecule has 1 fully saturated rings. The minimum absolute atomic E-state index is 0.0215. The highest BCUT2D eigenvalue weighted by Crippen LogP contribution is 2.26. The van der Waals surface area contributed by atoms with Gasteiger partial charge in [0.05, 0.1) is 18.8 Å². The van der Waals surface area contributed by atoms with Crippen LogP contribution in [0.1, 0.15) is 40.5 Å². The van der Waals surface area contributed by atoms with E-state index in [1.807, 2.05) is 0 Å². The second-order valence-electron chi connectivity index (χ2n) is 6.03. The van der Waals surface area contributed by atoms with Crippen LogP contribution in [0.15, 0.2) is 36.5 Å². The minimum atomic E-state index is -0.340. The van der Waals surface area contributed by atoms with E-state index in [1.54, 1.807) is 24.3 Å². The molecular formula is C19H19ClN2O4. The zero-order valence-corrected chi connectivity index (χ0v) is 15.1. The third kappa shape index (κ3) is 4.59. The third-order valence-corrected chi connectivity index (χ3v) is 4.34. The molecule has 7 heteroatoms. The standard InChI is InChI=1S/C19H19ClN2O4/c1-12(23)13-2-4-15(5-3-13)22-18(24)14-10-17(20)19(21-11-14)26-16-6-8-25-9-7-16/h2-5,10-11,16H,6-9H2,1H3,(H,22,24). The van der Waals surface area contributed by atoms with Crippen LogP contribution in [0.3, 0.4) is 0 Å². The molecule has 6 nitrogen and oxygen atoms in total. The average molecular weight is 375 g/mol. The van der Waals surface area contributed by atoms with Crippen LogP contribution in [-0.4, -0.2) is 36.0 Å². The quantitative estimate of drug-likeness (QED) is 0.806. The van der Waals surface area contributed by atoms with Gasteiger partial charge < -0.3 is 14.8 Å². The molecule has 0 spiro atoms. The monoisotopic (exact) mass is 374 g/mol. The number of benzene rings is 1. The summed E-state index contributed by atoms with van der Waals surface area (Å²) in [5, 5.41) is 3.03. The smallest absolute Gasteiger partial charge is 0.257 e. The Morgan fingerprint density at radius 3 is 2.50 bits per heavy atom. The molecule has 1 amide bonds. The maximum atomic E-state index is 12.4. The lowest BCUT2D eigenvalue weighted by Gasteiger charge is -2.23. The van der Waals surface area contributed by atoms with Crippen LogP contribution in [0.5, 0.6) is 5.88 Å². The van der Waals surface area contributed by atoms with Gasteiger partial charge in [-0.25, -0.2) is 4.98 Å². The summed E-state index contributed by atoms with van der Waals surface area (Å²) in [5.74, 6) is -0.0486. The zero-order chi connectivity index (χ0) is 18.5. The summed E-state index contributed by atoms with van der Waals surface area (Å²) in [7, 11) is 0. The molecule has 2 heterocycles. The van der Waals surface area contributed by atoms with Crippen LogP contribution in [0, 0.1) is 0 Å². The fourth-order valence-electron chi connectivity index (χ4n) is 2.58. The Morgan fingerprint density at radius 2 is 1.88 bits per heavy atom. The van der Waals surface area contributed by atoms with Gasteiger partial charge in [-0.1, -0.05) is 11.6 Å². The van der Waals surface area contributed by atoms with E-state index in [2.05, 4.69) is 10.3 Å². The average Bonchev–Trinajstić information content (AvgIpc) is 2.64. The number of pyridine rings is 1. The van der Waals surface area contributed by atoms with Crippen LogP contribution < -0.4 is 10.1 Å². The molecule has 26 heavy (non-hydrogen) atoms. The zero-order valence-electron chi connectivity index (χ0n) is 14.3. The Bertz CT molecular complexity index is 802. The third-order valence-electron chi connectivity index (χ3n) is 4.07. The largest absolute Gasteiger partial charge is 0.473 e. The number of ether oxygens (including phenoxy) is 2. The molecule has 1 aliphatic rings. The van der Waals surface area contributed by atoms with Gasteiger partial charge in [-0.3, -0.25) is 9.59 Å². The lowest BCUT2D eigenvalue weighted by atomic mass is 10.1. The maximum absolute atomic E-state index is 12.4. The van der Waals surface area contributed by atoms with E-state index in [-0.39, 0.29) is 22.8 Å². The number of Topliss-reactive ketones (excluding diaryl/α,β-unsaturated/α-hetero) is 1. The van der Waals surface area contributed by atoms with Crippen molar-refractivity contribution >= 4 is 29.0 Å². The molecular weight excluding hydrogens is 356 g/mol.